The van der Waals surface area contributed by atoms with Crippen molar-refractivity contribution in [2.45, 2.75) is 57.5 Å². The molecule has 0 saturated carbocycles. The molecule has 1 N–H and O–H groups in total. The standard InChI is InChI=1S/C25H29F3N2O3/c1-24(2)14-18-6-4-8-21(23(18)33-24)32-16-22(31)29-20-9-11-30(12-10-20)15-17-5-3-7-19(13-17)25(26,27)28/h3-8,13,20H,9-12,14-16H2,1-2H3,(H,29,31). The molecule has 0 unspecified atom stereocenters. The Labute approximate surface area is 191 Å². The highest BCUT2D eigenvalue weighted by atomic mass is 19.4. The van der Waals surface area contributed by atoms with E-state index < -0.39 is 11.7 Å². The SMILES string of the molecule is CC1(C)Cc2cccc(OCC(=O)NC3CCN(Cc4cccc(C(F)(F)F)c4)CC3)c2O1. The molecule has 2 aliphatic rings. The van der Waals surface area contributed by atoms with Crippen molar-refractivity contribution in [2.24, 2.45) is 0 Å². The third-order valence-electron chi connectivity index (χ3n) is 6.03. The summed E-state index contributed by atoms with van der Waals surface area (Å²) in [5, 5.41) is 3.01. The van der Waals surface area contributed by atoms with Crippen molar-refractivity contribution in [3.05, 3.63) is 59.2 Å². The largest absolute Gasteiger partial charge is 0.483 e. The van der Waals surface area contributed by atoms with Crippen molar-refractivity contribution < 1.29 is 27.4 Å². The summed E-state index contributed by atoms with van der Waals surface area (Å²) in [5.74, 6) is 1.09. The van der Waals surface area contributed by atoms with Gasteiger partial charge in [-0.2, -0.15) is 13.2 Å². The molecule has 8 heteroatoms. The minimum absolute atomic E-state index is 0.0236. The van der Waals surface area contributed by atoms with Crippen LogP contribution in [0.3, 0.4) is 0 Å². The molecule has 1 amide bonds. The quantitative estimate of drug-likeness (QED) is 0.683. The second-order valence-electron chi connectivity index (χ2n) is 9.39. The highest BCUT2D eigenvalue weighted by Gasteiger charge is 2.33. The highest BCUT2D eigenvalue weighted by Crippen LogP contribution is 2.41. The molecule has 2 aliphatic heterocycles. The number of likely N-dealkylation sites (tertiary alicyclic amines) is 1. The van der Waals surface area contributed by atoms with Crippen molar-refractivity contribution in [1.29, 1.82) is 0 Å². The second kappa shape index (κ2) is 9.25. The van der Waals surface area contributed by atoms with Crippen molar-refractivity contribution in [2.75, 3.05) is 19.7 Å². The molecule has 1 fully saturated rings. The van der Waals surface area contributed by atoms with Crippen LogP contribution in [-0.2, 0) is 23.9 Å². The number of nitrogens with one attached hydrogen (secondary N) is 1. The van der Waals surface area contributed by atoms with Gasteiger partial charge in [-0.25, -0.2) is 0 Å². The van der Waals surface area contributed by atoms with E-state index in [4.69, 9.17) is 9.47 Å². The molecule has 0 aromatic heterocycles. The number of halogens is 3. The Balaban J connectivity index is 1.23. The number of nitrogens with zero attached hydrogens (tertiary/aromatic N) is 1. The van der Waals surface area contributed by atoms with Gasteiger partial charge in [0.05, 0.1) is 5.56 Å². The fourth-order valence-electron chi connectivity index (χ4n) is 4.45. The van der Waals surface area contributed by atoms with Gasteiger partial charge in [-0.15, -0.1) is 0 Å². The summed E-state index contributed by atoms with van der Waals surface area (Å²) in [6.45, 7) is 5.81. The van der Waals surface area contributed by atoms with E-state index in [2.05, 4.69) is 10.2 Å². The number of benzene rings is 2. The third kappa shape index (κ3) is 5.99. The topological polar surface area (TPSA) is 50.8 Å². The van der Waals surface area contributed by atoms with E-state index in [0.29, 0.717) is 36.7 Å². The lowest BCUT2D eigenvalue weighted by Crippen LogP contribution is -2.45. The number of alkyl halides is 3. The van der Waals surface area contributed by atoms with Crippen LogP contribution in [-0.4, -0.2) is 42.1 Å². The Bertz CT molecular complexity index is 999. The second-order valence-corrected chi connectivity index (χ2v) is 9.39. The first-order chi connectivity index (χ1) is 15.6. The maximum atomic E-state index is 12.9. The first-order valence-corrected chi connectivity index (χ1v) is 11.2. The van der Waals surface area contributed by atoms with Gasteiger partial charge in [0.25, 0.3) is 5.91 Å². The average Bonchev–Trinajstić information content (AvgIpc) is 3.07. The zero-order valence-electron chi connectivity index (χ0n) is 18.9. The number of ether oxygens (including phenoxy) is 2. The molecule has 0 radical (unpaired) electrons. The number of fused-ring (bicyclic) bond motifs is 1. The number of carbonyl (C=O) groups is 1. The summed E-state index contributed by atoms with van der Waals surface area (Å²) in [7, 11) is 0. The molecule has 4 rings (SSSR count). The number of carbonyl (C=O) groups excluding carboxylic acids is 1. The lowest BCUT2D eigenvalue weighted by atomic mass is 10.0. The van der Waals surface area contributed by atoms with Gasteiger partial charge in [0, 0.05) is 37.7 Å². The van der Waals surface area contributed by atoms with E-state index in [0.717, 1.165) is 30.9 Å². The fraction of sp³-hybridized carbons (Fsp3) is 0.480. The van der Waals surface area contributed by atoms with Gasteiger partial charge in [-0.3, -0.25) is 9.69 Å². The van der Waals surface area contributed by atoms with Crippen LogP contribution in [0.1, 0.15) is 43.4 Å². The molecule has 0 atom stereocenters. The lowest BCUT2D eigenvalue weighted by Gasteiger charge is -2.32. The smallest absolute Gasteiger partial charge is 0.416 e. The predicted octanol–water partition coefficient (Wildman–Crippen LogP) is 4.58. The van der Waals surface area contributed by atoms with Gasteiger partial charge in [0.1, 0.15) is 5.60 Å². The monoisotopic (exact) mass is 462 g/mol. The van der Waals surface area contributed by atoms with Crippen LogP contribution in [0, 0.1) is 0 Å². The molecular weight excluding hydrogens is 433 g/mol. The van der Waals surface area contributed by atoms with Crippen LogP contribution >= 0.6 is 0 Å². The Kier molecular flexibility index (Phi) is 6.56. The Morgan fingerprint density at radius 3 is 2.64 bits per heavy atom. The van der Waals surface area contributed by atoms with Gasteiger partial charge in [0.2, 0.25) is 0 Å². The van der Waals surface area contributed by atoms with Crippen LogP contribution in [0.15, 0.2) is 42.5 Å². The van der Waals surface area contributed by atoms with Crippen LogP contribution < -0.4 is 14.8 Å². The van der Waals surface area contributed by atoms with Crippen LogP contribution in [0.5, 0.6) is 11.5 Å². The van der Waals surface area contributed by atoms with Crippen LogP contribution in [0.25, 0.3) is 0 Å². The maximum Gasteiger partial charge on any atom is 0.416 e. The minimum atomic E-state index is -4.34. The van der Waals surface area contributed by atoms with Gasteiger partial charge in [-0.1, -0.05) is 30.3 Å². The van der Waals surface area contributed by atoms with Gasteiger partial charge >= 0.3 is 6.18 Å². The Morgan fingerprint density at radius 2 is 1.91 bits per heavy atom. The molecule has 2 aromatic rings. The number of rotatable bonds is 6. The average molecular weight is 463 g/mol. The molecule has 5 nitrogen and oxygen atoms in total. The van der Waals surface area contributed by atoms with Gasteiger partial charge < -0.3 is 14.8 Å². The normalized spacial score (nSPS) is 18.5. The molecule has 2 heterocycles. The summed E-state index contributed by atoms with van der Waals surface area (Å²) < 4.78 is 50.5. The summed E-state index contributed by atoms with van der Waals surface area (Å²) in [6, 6.07) is 11.2. The molecule has 0 spiro atoms. The number of piperidine rings is 1. The van der Waals surface area contributed by atoms with E-state index in [1.54, 1.807) is 12.1 Å². The summed E-state index contributed by atoms with van der Waals surface area (Å²) in [4.78, 5) is 14.5. The molecule has 1 saturated heterocycles. The predicted molar refractivity (Wildman–Crippen MR) is 118 cm³/mol. The van der Waals surface area contributed by atoms with E-state index >= 15 is 0 Å². The lowest BCUT2D eigenvalue weighted by molar-refractivity contribution is -0.137. The minimum Gasteiger partial charge on any atom is -0.483 e. The Hall–Kier alpha value is -2.74. The fourth-order valence-corrected chi connectivity index (χ4v) is 4.45. The molecular formula is C25H29F3N2O3. The number of hydrogen-bond donors (Lipinski definition) is 1. The summed E-state index contributed by atoms with van der Waals surface area (Å²) >= 11 is 0. The van der Waals surface area contributed by atoms with Crippen molar-refractivity contribution in [3.8, 4) is 11.5 Å². The highest BCUT2D eigenvalue weighted by molar-refractivity contribution is 5.78. The number of hydrogen-bond acceptors (Lipinski definition) is 4. The van der Waals surface area contributed by atoms with E-state index in [9.17, 15) is 18.0 Å². The zero-order valence-corrected chi connectivity index (χ0v) is 18.9. The van der Waals surface area contributed by atoms with Gasteiger partial charge in [0.15, 0.2) is 18.1 Å². The first-order valence-electron chi connectivity index (χ1n) is 11.2. The summed E-state index contributed by atoms with van der Waals surface area (Å²) in [6.07, 6.45) is -2.06. The third-order valence-corrected chi connectivity index (χ3v) is 6.03. The zero-order chi connectivity index (χ0) is 23.6. The maximum absolute atomic E-state index is 12.9. The van der Waals surface area contributed by atoms with E-state index in [-0.39, 0.29) is 24.2 Å². The van der Waals surface area contributed by atoms with Crippen molar-refractivity contribution in [3.63, 3.8) is 0 Å². The number of para-hydroxylation sites is 1. The Morgan fingerprint density at radius 1 is 1.18 bits per heavy atom. The van der Waals surface area contributed by atoms with Gasteiger partial charge in [-0.05, 0) is 44.4 Å². The molecule has 0 aliphatic carbocycles. The van der Waals surface area contributed by atoms with Crippen molar-refractivity contribution >= 4 is 5.91 Å². The molecule has 2 aromatic carbocycles. The molecule has 178 valence electrons. The van der Waals surface area contributed by atoms with Crippen LogP contribution in [0.2, 0.25) is 0 Å². The molecule has 33 heavy (non-hydrogen) atoms. The van der Waals surface area contributed by atoms with E-state index in [1.165, 1.54) is 12.1 Å². The van der Waals surface area contributed by atoms with Crippen molar-refractivity contribution in [1.82, 2.24) is 10.2 Å². The van der Waals surface area contributed by atoms with Crippen LogP contribution in [0.4, 0.5) is 13.2 Å². The number of amides is 1. The molecule has 0 bridgehead atoms. The first kappa shape index (κ1) is 23.4. The van der Waals surface area contributed by atoms with E-state index in [1.807, 2.05) is 26.0 Å². The summed E-state index contributed by atoms with van der Waals surface area (Å²) in [5.41, 5.74) is 0.805.